The summed E-state index contributed by atoms with van der Waals surface area (Å²) in [5, 5.41) is 3.16. The van der Waals surface area contributed by atoms with Gasteiger partial charge in [-0.05, 0) is 53.2 Å². The number of halogens is 4. The first kappa shape index (κ1) is 15.4. The van der Waals surface area contributed by atoms with Crippen molar-refractivity contribution in [3.63, 3.8) is 0 Å². The van der Waals surface area contributed by atoms with Crippen molar-refractivity contribution >= 4 is 27.5 Å². The van der Waals surface area contributed by atoms with Crippen LogP contribution in [0.15, 0.2) is 40.9 Å². The van der Waals surface area contributed by atoms with E-state index in [1.54, 1.807) is 31.3 Å². The third-order valence-electron chi connectivity index (χ3n) is 3.13. The Labute approximate surface area is 130 Å². The number of rotatable bonds is 4. The zero-order valence-electron chi connectivity index (χ0n) is 10.8. The van der Waals surface area contributed by atoms with Gasteiger partial charge in [-0.2, -0.15) is 0 Å². The topological polar surface area (TPSA) is 12.0 Å². The van der Waals surface area contributed by atoms with E-state index in [9.17, 15) is 8.78 Å². The molecule has 0 aliphatic heterocycles. The second kappa shape index (κ2) is 6.66. The van der Waals surface area contributed by atoms with Crippen LogP contribution in [-0.2, 0) is 6.42 Å². The Morgan fingerprint density at radius 1 is 1.25 bits per heavy atom. The molecule has 20 heavy (non-hydrogen) atoms. The van der Waals surface area contributed by atoms with Crippen LogP contribution < -0.4 is 5.32 Å². The first-order chi connectivity index (χ1) is 9.52. The second-order valence-corrected chi connectivity index (χ2v) is 5.70. The van der Waals surface area contributed by atoms with Crippen molar-refractivity contribution < 1.29 is 8.78 Å². The Bertz CT molecular complexity index is 619. The van der Waals surface area contributed by atoms with Crippen LogP contribution in [0.3, 0.4) is 0 Å². The van der Waals surface area contributed by atoms with Gasteiger partial charge in [-0.1, -0.05) is 29.8 Å². The molecule has 0 spiro atoms. The average molecular weight is 361 g/mol. The van der Waals surface area contributed by atoms with E-state index in [-0.39, 0.29) is 16.9 Å². The number of benzene rings is 2. The maximum atomic E-state index is 14.0. The second-order valence-electron chi connectivity index (χ2n) is 4.44. The molecule has 0 saturated carbocycles. The maximum Gasteiger partial charge on any atom is 0.146 e. The smallest absolute Gasteiger partial charge is 0.146 e. The summed E-state index contributed by atoms with van der Waals surface area (Å²) in [7, 11) is 1.75. The highest BCUT2D eigenvalue weighted by molar-refractivity contribution is 9.10. The van der Waals surface area contributed by atoms with Crippen LogP contribution in [0, 0.1) is 11.6 Å². The average Bonchev–Trinajstić information content (AvgIpc) is 2.43. The van der Waals surface area contributed by atoms with E-state index in [0.717, 1.165) is 5.56 Å². The lowest BCUT2D eigenvalue weighted by atomic mass is 9.98. The van der Waals surface area contributed by atoms with Gasteiger partial charge in [0, 0.05) is 11.6 Å². The van der Waals surface area contributed by atoms with Crippen molar-refractivity contribution in [3.8, 4) is 0 Å². The molecular weight excluding hydrogens is 348 g/mol. The Kier molecular flexibility index (Phi) is 5.13. The van der Waals surface area contributed by atoms with Crippen LogP contribution in [0.25, 0.3) is 0 Å². The van der Waals surface area contributed by atoms with Crippen molar-refractivity contribution in [1.29, 1.82) is 0 Å². The van der Waals surface area contributed by atoms with Crippen LogP contribution in [0.5, 0.6) is 0 Å². The van der Waals surface area contributed by atoms with Gasteiger partial charge in [-0.3, -0.25) is 0 Å². The lowest BCUT2D eigenvalue weighted by molar-refractivity contribution is 0.533. The van der Waals surface area contributed by atoms with Gasteiger partial charge in [-0.15, -0.1) is 0 Å². The molecule has 1 unspecified atom stereocenters. The minimum absolute atomic E-state index is 0.100. The molecule has 0 aliphatic rings. The summed E-state index contributed by atoms with van der Waals surface area (Å²) in [4.78, 5) is 0. The van der Waals surface area contributed by atoms with Crippen LogP contribution in [0.1, 0.15) is 17.2 Å². The fraction of sp³-hybridized carbons (Fsp3) is 0.200. The molecule has 0 bridgehead atoms. The molecule has 1 nitrogen and oxygen atoms in total. The fourth-order valence-corrected chi connectivity index (χ4v) is 2.67. The van der Waals surface area contributed by atoms with E-state index in [0.29, 0.717) is 16.5 Å². The van der Waals surface area contributed by atoms with E-state index < -0.39 is 5.82 Å². The lowest BCUT2D eigenvalue weighted by Gasteiger charge is -2.18. The highest BCUT2D eigenvalue weighted by Gasteiger charge is 2.17. The normalized spacial score (nSPS) is 12.4. The molecule has 106 valence electrons. The quantitative estimate of drug-likeness (QED) is 0.819. The molecule has 0 aromatic heterocycles. The molecule has 5 heteroatoms. The SMILES string of the molecule is CNC(Cc1ccc(F)c(Br)c1)c1cccc(Cl)c1F. The van der Waals surface area contributed by atoms with Crippen molar-refractivity contribution in [1.82, 2.24) is 5.32 Å². The fourth-order valence-electron chi connectivity index (χ4n) is 2.06. The molecule has 0 saturated heterocycles. The molecule has 0 fully saturated rings. The molecule has 0 amide bonds. The largest absolute Gasteiger partial charge is 0.313 e. The Morgan fingerprint density at radius 3 is 2.65 bits per heavy atom. The monoisotopic (exact) mass is 359 g/mol. The van der Waals surface area contributed by atoms with Gasteiger partial charge in [-0.25, -0.2) is 8.78 Å². The predicted molar refractivity (Wildman–Crippen MR) is 81.0 cm³/mol. The molecule has 0 radical (unpaired) electrons. The number of hydrogen-bond donors (Lipinski definition) is 1. The summed E-state index contributed by atoms with van der Waals surface area (Å²) in [6.07, 6.45) is 0.534. The van der Waals surface area contributed by atoms with E-state index in [2.05, 4.69) is 21.2 Å². The third-order valence-corrected chi connectivity index (χ3v) is 4.03. The number of nitrogens with one attached hydrogen (secondary N) is 1. The zero-order chi connectivity index (χ0) is 14.7. The highest BCUT2D eigenvalue weighted by Crippen LogP contribution is 2.27. The zero-order valence-corrected chi connectivity index (χ0v) is 13.1. The maximum absolute atomic E-state index is 14.0. The summed E-state index contributed by atoms with van der Waals surface area (Å²) in [6.45, 7) is 0. The standard InChI is InChI=1S/C15H13BrClF2N/c1-20-14(10-3-2-4-12(17)15(10)19)8-9-5-6-13(18)11(16)7-9/h2-7,14,20H,8H2,1H3. The van der Waals surface area contributed by atoms with Gasteiger partial charge in [0.25, 0.3) is 0 Å². The number of hydrogen-bond acceptors (Lipinski definition) is 1. The third kappa shape index (κ3) is 3.37. The van der Waals surface area contributed by atoms with Gasteiger partial charge in [0.05, 0.1) is 9.50 Å². The summed E-state index contributed by atoms with van der Waals surface area (Å²) in [6, 6.07) is 9.47. The molecule has 0 aliphatic carbocycles. The van der Waals surface area contributed by atoms with Gasteiger partial charge < -0.3 is 5.32 Å². The molecular formula is C15H13BrClF2N. The van der Waals surface area contributed by atoms with E-state index in [4.69, 9.17) is 11.6 Å². The van der Waals surface area contributed by atoms with Crippen molar-refractivity contribution in [2.45, 2.75) is 12.5 Å². The Morgan fingerprint density at radius 2 is 2.00 bits per heavy atom. The highest BCUT2D eigenvalue weighted by atomic mass is 79.9. The summed E-state index contributed by atoms with van der Waals surface area (Å²) >= 11 is 8.95. The summed E-state index contributed by atoms with van der Waals surface area (Å²) in [5.41, 5.74) is 1.40. The molecule has 0 heterocycles. The van der Waals surface area contributed by atoms with Crippen molar-refractivity contribution in [3.05, 3.63) is 68.7 Å². The van der Waals surface area contributed by atoms with Crippen LogP contribution in [0.4, 0.5) is 8.78 Å². The van der Waals surface area contributed by atoms with Crippen molar-refractivity contribution in [2.75, 3.05) is 7.05 Å². The molecule has 2 aromatic rings. The minimum Gasteiger partial charge on any atom is -0.313 e. The van der Waals surface area contributed by atoms with E-state index in [1.165, 1.54) is 12.1 Å². The molecule has 2 rings (SSSR count). The van der Waals surface area contributed by atoms with Gasteiger partial charge in [0.1, 0.15) is 11.6 Å². The van der Waals surface area contributed by atoms with E-state index >= 15 is 0 Å². The van der Waals surface area contributed by atoms with Gasteiger partial charge >= 0.3 is 0 Å². The Balaban J connectivity index is 2.28. The van der Waals surface area contributed by atoms with E-state index in [1.807, 2.05) is 0 Å². The van der Waals surface area contributed by atoms with Crippen LogP contribution >= 0.6 is 27.5 Å². The number of likely N-dealkylation sites (N-methyl/N-ethyl adjacent to an activating group) is 1. The lowest BCUT2D eigenvalue weighted by Crippen LogP contribution is -2.20. The summed E-state index contributed by atoms with van der Waals surface area (Å²) < 4.78 is 27.7. The Hall–Kier alpha value is -0.970. The molecule has 1 N–H and O–H groups in total. The first-order valence-corrected chi connectivity index (χ1v) is 7.25. The van der Waals surface area contributed by atoms with Gasteiger partial charge in [0.15, 0.2) is 0 Å². The van der Waals surface area contributed by atoms with Crippen molar-refractivity contribution in [2.24, 2.45) is 0 Å². The van der Waals surface area contributed by atoms with Crippen LogP contribution in [0.2, 0.25) is 5.02 Å². The minimum atomic E-state index is -0.422. The predicted octanol–water partition coefficient (Wildman–Crippen LogP) is 4.88. The van der Waals surface area contributed by atoms with Crippen LogP contribution in [-0.4, -0.2) is 7.05 Å². The van der Waals surface area contributed by atoms with Gasteiger partial charge in [0.2, 0.25) is 0 Å². The summed E-state index contributed by atoms with van der Waals surface area (Å²) in [5.74, 6) is -0.738. The molecule has 1 atom stereocenters. The molecule has 2 aromatic carbocycles. The first-order valence-electron chi connectivity index (χ1n) is 6.08.